The molecule has 0 aromatic heterocycles. The van der Waals surface area contributed by atoms with Crippen molar-refractivity contribution >= 4 is 0 Å². The number of hydrogen-bond acceptors (Lipinski definition) is 1. The van der Waals surface area contributed by atoms with Gasteiger partial charge in [0, 0.05) is 0 Å². The Bertz CT molecular complexity index is 306. The Kier molecular flexibility index (Phi) is 3.16. The molecule has 1 rings (SSSR count). The molecule has 14 heavy (non-hydrogen) atoms. The van der Waals surface area contributed by atoms with E-state index in [0.29, 0.717) is 5.56 Å². The first-order valence-electron chi connectivity index (χ1n) is 4.20. The zero-order valence-corrected chi connectivity index (χ0v) is 7.67. The van der Waals surface area contributed by atoms with Gasteiger partial charge in [0.05, 0.1) is 6.61 Å². The van der Waals surface area contributed by atoms with Crippen LogP contribution in [0.4, 0.5) is 13.2 Å². The second kappa shape index (κ2) is 4.00. The van der Waals surface area contributed by atoms with E-state index in [0.717, 1.165) is 0 Å². The van der Waals surface area contributed by atoms with Gasteiger partial charge < -0.3 is 5.11 Å². The average Bonchev–Trinajstić information content (AvgIpc) is 2.07. The fourth-order valence-electron chi connectivity index (χ4n) is 1.36. The maximum absolute atomic E-state index is 12.4. The van der Waals surface area contributed by atoms with Crippen LogP contribution in [-0.4, -0.2) is 17.9 Å². The van der Waals surface area contributed by atoms with Crippen molar-refractivity contribution in [2.24, 2.45) is 0 Å². The van der Waals surface area contributed by atoms with Crippen molar-refractivity contribution in [3.63, 3.8) is 0 Å². The molecule has 4 heteroatoms. The van der Waals surface area contributed by atoms with E-state index in [-0.39, 0.29) is 5.56 Å². The van der Waals surface area contributed by atoms with Gasteiger partial charge in [-0.25, -0.2) is 0 Å². The van der Waals surface area contributed by atoms with E-state index in [1.54, 1.807) is 19.1 Å². The highest BCUT2D eigenvalue weighted by molar-refractivity contribution is 5.30. The van der Waals surface area contributed by atoms with E-state index in [1.165, 1.54) is 12.1 Å². The lowest BCUT2D eigenvalue weighted by Gasteiger charge is -2.19. The van der Waals surface area contributed by atoms with E-state index in [1.807, 2.05) is 0 Å². The molecule has 78 valence electrons. The van der Waals surface area contributed by atoms with Crippen LogP contribution in [0.15, 0.2) is 24.3 Å². The topological polar surface area (TPSA) is 20.2 Å². The highest BCUT2D eigenvalue weighted by atomic mass is 19.4. The lowest BCUT2D eigenvalue weighted by molar-refractivity contribution is -0.158. The third kappa shape index (κ3) is 2.26. The third-order valence-corrected chi connectivity index (χ3v) is 2.14. The molecule has 0 aliphatic rings. The van der Waals surface area contributed by atoms with Gasteiger partial charge in [0.2, 0.25) is 0 Å². The Morgan fingerprint density at radius 2 is 1.86 bits per heavy atom. The summed E-state index contributed by atoms with van der Waals surface area (Å²) in [6, 6.07) is 6.20. The third-order valence-electron chi connectivity index (χ3n) is 2.14. The van der Waals surface area contributed by atoms with Gasteiger partial charge in [-0.2, -0.15) is 13.2 Å². The van der Waals surface area contributed by atoms with Crippen molar-refractivity contribution in [3.05, 3.63) is 35.4 Å². The fourth-order valence-corrected chi connectivity index (χ4v) is 1.36. The summed E-state index contributed by atoms with van der Waals surface area (Å²) >= 11 is 0. The first-order chi connectivity index (χ1) is 6.46. The lowest BCUT2D eigenvalue weighted by atomic mass is 9.95. The molecule has 0 radical (unpaired) electrons. The Labute approximate surface area is 80.2 Å². The second-order valence-corrected chi connectivity index (χ2v) is 3.13. The van der Waals surface area contributed by atoms with Gasteiger partial charge in [0.1, 0.15) is 5.92 Å². The first-order valence-corrected chi connectivity index (χ1v) is 4.20. The van der Waals surface area contributed by atoms with Gasteiger partial charge in [0.15, 0.2) is 0 Å². The van der Waals surface area contributed by atoms with Crippen molar-refractivity contribution in [2.45, 2.75) is 19.0 Å². The van der Waals surface area contributed by atoms with Gasteiger partial charge in [-0.15, -0.1) is 0 Å². The summed E-state index contributed by atoms with van der Waals surface area (Å²) in [6.45, 7) is 0.693. The minimum atomic E-state index is -4.39. The molecule has 1 unspecified atom stereocenters. The summed E-state index contributed by atoms with van der Waals surface area (Å²) in [5.41, 5.74) is 0.686. The normalized spacial score (nSPS) is 14.1. The van der Waals surface area contributed by atoms with E-state index in [9.17, 15) is 13.2 Å². The van der Waals surface area contributed by atoms with Gasteiger partial charge in [-0.05, 0) is 18.1 Å². The van der Waals surface area contributed by atoms with Crippen molar-refractivity contribution in [2.75, 3.05) is 6.61 Å². The van der Waals surface area contributed by atoms with E-state index in [2.05, 4.69) is 0 Å². The Hall–Kier alpha value is -1.03. The number of hydrogen-bond donors (Lipinski definition) is 1. The van der Waals surface area contributed by atoms with Crippen LogP contribution in [0.1, 0.15) is 17.0 Å². The number of benzene rings is 1. The molecule has 0 amide bonds. The average molecular weight is 204 g/mol. The summed E-state index contributed by atoms with van der Waals surface area (Å²) in [4.78, 5) is 0. The summed E-state index contributed by atoms with van der Waals surface area (Å²) in [7, 11) is 0. The molecule has 1 nitrogen and oxygen atoms in total. The van der Waals surface area contributed by atoms with E-state index >= 15 is 0 Å². The number of aliphatic hydroxyl groups is 1. The van der Waals surface area contributed by atoms with Gasteiger partial charge >= 0.3 is 6.18 Å². The predicted molar refractivity (Wildman–Crippen MR) is 47.1 cm³/mol. The zero-order chi connectivity index (χ0) is 10.8. The summed E-state index contributed by atoms with van der Waals surface area (Å²) in [5.74, 6) is -1.77. The molecule has 0 saturated heterocycles. The maximum atomic E-state index is 12.4. The SMILES string of the molecule is Cc1ccccc1C(CO)C(F)(F)F. The lowest BCUT2D eigenvalue weighted by Crippen LogP contribution is -2.24. The number of halogens is 3. The molecule has 1 aromatic rings. The largest absolute Gasteiger partial charge is 0.397 e. The van der Waals surface area contributed by atoms with Crippen LogP contribution in [0, 0.1) is 6.92 Å². The molecule has 0 aliphatic heterocycles. The standard InChI is InChI=1S/C10H11F3O/c1-7-4-2-3-5-8(7)9(6-14)10(11,12)13/h2-5,9,14H,6H2,1H3. The Morgan fingerprint density at radius 1 is 1.29 bits per heavy atom. The summed E-state index contributed by atoms with van der Waals surface area (Å²) in [6.07, 6.45) is -4.39. The summed E-state index contributed by atoms with van der Waals surface area (Å²) in [5, 5.41) is 8.72. The maximum Gasteiger partial charge on any atom is 0.397 e. The molecular formula is C10H11F3O. The van der Waals surface area contributed by atoms with Crippen molar-refractivity contribution in [1.82, 2.24) is 0 Å². The number of alkyl halides is 3. The zero-order valence-electron chi connectivity index (χ0n) is 7.67. The number of aliphatic hydroxyl groups excluding tert-OH is 1. The van der Waals surface area contributed by atoms with Gasteiger partial charge in [-0.3, -0.25) is 0 Å². The fraction of sp³-hybridized carbons (Fsp3) is 0.400. The monoisotopic (exact) mass is 204 g/mol. The molecule has 1 N–H and O–H groups in total. The molecule has 0 spiro atoms. The van der Waals surface area contributed by atoms with Crippen LogP contribution in [0.25, 0.3) is 0 Å². The minimum absolute atomic E-state index is 0.141. The van der Waals surface area contributed by atoms with Crippen molar-refractivity contribution < 1.29 is 18.3 Å². The molecule has 0 saturated carbocycles. The highest BCUT2D eigenvalue weighted by Crippen LogP contribution is 2.35. The van der Waals surface area contributed by atoms with Gasteiger partial charge in [0.25, 0.3) is 0 Å². The molecular weight excluding hydrogens is 193 g/mol. The van der Waals surface area contributed by atoms with Crippen molar-refractivity contribution in [3.8, 4) is 0 Å². The molecule has 1 aromatic carbocycles. The van der Waals surface area contributed by atoms with Crippen LogP contribution in [0.2, 0.25) is 0 Å². The van der Waals surface area contributed by atoms with Crippen LogP contribution in [-0.2, 0) is 0 Å². The predicted octanol–water partition coefficient (Wildman–Crippen LogP) is 2.63. The quantitative estimate of drug-likeness (QED) is 0.785. The van der Waals surface area contributed by atoms with Crippen LogP contribution >= 0.6 is 0 Å². The second-order valence-electron chi connectivity index (χ2n) is 3.13. The van der Waals surface area contributed by atoms with Crippen LogP contribution in [0.5, 0.6) is 0 Å². The van der Waals surface area contributed by atoms with E-state index in [4.69, 9.17) is 5.11 Å². The van der Waals surface area contributed by atoms with Crippen molar-refractivity contribution in [1.29, 1.82) is 0 Å². The molecule has 1 atom stereocenters. The van der Waals surface area contributed by atoms with E-state index < -0.39 is 18.7 Å². The number of rotatable bonds is 2. The Morgan fingerprint density at radius 3 is 2.29 bits per heavy atom. The molecule has 0 fully saturated rings. The molecule has 0 aliphatic carbocycles. The molecule has 0 heterocycles. The number of aryl methyl sites for hydroxylation is 1. The molecule has 0 bridgehead atoms. The smallest absolute Gasteiger partial charge is 0.395 e. The summed E-state index contributed by atoms with van der Waals surface area (Å²) < 4.78 is 37.3. The van der Waals surface area contributed by atoms with Crippen LogP contribution in [0.3, 0.4) is 0 Å². The first kappa shape index (κ1) is 11.0. The Balaban J connectivity index is 3.08. The van der Waals surface area contributed by atoms with Crippen LogP contribution < -0.4 is 0 Å². The highest BCUT2D eigenvalue weighted by Gasteiger charge is 2.40. The van der Waals surface area contributed by atoms with Gasteiger partial charge in [-0.1, -0.05) is 24.3 Å². The minimum Gasteiger partial charge on any atom is -0.395 e.